The lowest BCUT2D eigenvalue weighted by molar-refractivity contribution is -0.132. The van der Waals surface area contributed by atoms with Crippen LogP contribution in [0.2, 0.25) is 5.02 Å². The van der Waals surface area contributed by atoms with E-state index in [0.29, 0.717) is 5.02 Å². The van der Waals surface area contributed by atoms with Gasteiger partial charge in [0.2, 0.25) is 6.61 Å². The SMILES string of the molecule is C[OH+]CC(=O)NC1CCN(c2cc(-c3ncc(C)cc3C)c(Cl)cn2)CC1. The van der Waals surface area contributed by atoms with Crippen LogP contribution in [0, 0.1) is 13.8 Å². The van der Waals surface area contributed by atoms with Crippen molar-refractivity contribution < 1.29 is 9.53 Å². The van der Waals surface area contributed by atoms with Gasteiger partial charge in [-0.1, -0.05) is 17.7 Å². The third kappa shape index (κ3) is 4.76. The number of aromatic nitrogens is 2. The lowest BCUT2D eigenvalue weighted by Crippen LogP contribution is -2.46. The lowest BCUT2D eigenvalue weighted by atomic mass is 10.0. The molecule has 6 nitrogen and oxygen atoms in total. The van der Waals surface area contributed by atoms with Crippen LogP contribution in [0.1, 0.15) is 24.0 Å². The van der Waals surface area contributed by atoms with Gasteiger partial charge in [-0.3, -0.25) is 9.78 Å². The summed E-state index contributed by atoms with van der Waals surface area (Å²) < 4.78 is 3.87. The van der Waals surface area contributed by atoms with Gasteiger partial charge in [-0.15, -0.1) is 0 Å². The van der Waals surface area contributed by atoms with Gasteiger partial charge in [0.1, 0.15) is 12.9 Å². The quantitative estimate of drug-likeness (QED) is 0.798. The summed E-state index contributed by atoms with van der Waals surface area (Å²) in [5.74, 6) is 0.883. The second-order valence-corrected chi connectivity index (χ2v) is 7.41. The predicted molar refractivity (Wildman–Crippen MR) is 108 cm³/mol. The number of ether oxygens (including phenoxy) is 1. The normalized spacial score (nSPS) is 15.0. The first-order valence-electron chi connectivity index (χ1n) is 9.17. The predicted octanol–water partition coefficient (Wildman–Crippen LogP) is 2.66. The Hall–Kier alpha value is -2.18. The maximum Gasteiger partial charge on any atom is 0.296 e. The smallest absolute Gasteiger partial charge is 0.296 e. The largest absolute Gasteiger partial charge is 0.429 e. The van der Waals surface area contributed by atoms with Crippen molar-refractivity contribution in [3.63, 3.8) is 0 Å². The maximum absolute atomic E-state index is 11.7. The van der Waals surface area contributed by atoms with E-state index in [2.05, 4.69) is 31.0 Å². The second kappa shape index (κ2) is 8.67. The molecule has 2 aromatic rings. The Balaban J connectivity index is 1.73. The van der Waals surface area contributed by atoms with Gasteiger partial charge in [-0.05, 0) is 43.9 Å². The molecule has 0 unspecified atom stereocenters. The molecule has 3 rings (SSSR count). The number of amides is 1. The van der Waals surface area contributed by atoms with Crippen LogP contribution in [-0.4, -0.2) is 53.5 Å². The molecule has 0 bridgehead atoms. The molecule has 1 fully saturated rings. The minimum atomic E-state index is -0.0104. The fourth-order valence-corrected chi connectivity index (χ4v) is 3.64. The van der Waals surface area contributed by atoms with E-state index < -0.39 is 0 Å². The van der Waals surface area contributed by atoms with Crippen LogP contribution in [0.4, 0.5) is 5.82 Å². The Morgan fingerprint density at radius 1 is 1.26 bits per heavy atom. The standard InChI is InChI=1S/C20H25ClN4O2/c1-13-8-14(2)20(23-10-13)16-9-18(22-11-17(16)21)25-6-4-15(5-7-25)24-19(26)12-27-3/h8-11,15H,4-7,12H2,1-3H3,(H,24,26)/p+1. The molecule has 27 heavy (non-hydrogen) atoms. The number of rotatable bonds is 5. The fourth-order valence-electron chi connectivity index (χ4n) is 3.45. The lowest BCUT2D eigenvalue weighted by Gasteiger charge is -2.33. The van der Waals surface area contributed by atoms with Gasteiger partial charge in [0.25, 0.3) is 5.91 Å². The Kier molecular flexibility index (Phi) is 6.29. The number of halogens is 1. The zero-order valence-corrected chi connectivity index (χ0v) is 16.8. The number of carbonyl (C=O) groups excluding carboxylic acids is 1. The van der Waals surface area contributed by atoms with E-state index in [0.717, 1.165) is 54.1 Å². The third-order valence-electron chi connectivity index (χ3n) is 4.80. The van der Waals surface area contributed by atoms with E-state index in [-0.39, 0.29) is 18.6 Å². The van der Waals surface area contributed by atoms with Crippen molar-refractivity contribution in [1.29, 1.82) is 0 Å². The molecule has 2 N–H and O–H groups in total. The van der Waals surface area contributed by atoms with Crippen molar-refractivity contribution in [2.75, 3.05) is 31.7 Å². The highest BCUT2D eigenvalue weighted by Crippen LogP contribution is 2.32. The van der Waals surface area contributed by atoms with E-state index in [1.807, 2.05) is 26.1 Å². The molecule has 2 aromatic heterocycles. The molecular weight excluding hydrogens is 364 g/mol. The molecule has 0 aromatic carbocycles. The molecule has 3 heterocycles. The van der Waals surface area contributed by atoms with Gasteiger partial charge >= 0.3 is 0 Å². The van der Waals surface area contributed by atoms with Crippen LogP contribution >= 0.6 is 11.6 Å². The van der Waals surface area contributed by atoms with Gasteiger partial charge in [0.05, 0.1) is 10.7 Å². The summed E-state index contributed by atoms with van der Waals surface area (Å²) in [6.07, 6.45) is 5.33. The Labute approximate surface area is 164 Å². The number of carbonyl (C=O) groups is 1. The third-order valence-corrected chi connectivity index (χ3v) is 5.10. The van der Waals surface area contributed by atoms with Gasteiger partial charge < -0.3 is 15.0 Å². The summed E-state index contributed by atoms with van der Waals surface area (Å²) >= 11 is 6.41. The van der Waals surface area contributed by atoms with E-state index in [9.17, 15) is 4.79 Å². The first-order chi connectivity index (χ1) is 13.0. The number of nitrogens with one attached hydrogen (secondary N) is 1. The van der Waals surface area contributed by atoms with Crippen molar-refractivity contribution in [1.82, 2.24) is 15.3 Å². The first kappa shape index (κ1) is 19.6. The Bertz CT molecular complexity index is 820. The number of anilines is 1. The molecule has 0 saturated carbocycles. The number of aliphatic hydroxyl groups is 2. The molecule has 1 aliphatic rings. The molecule has 144 valence electrons. The first-order valence-corrected chi connectivity index (χ1v) is 9.54. The van der Waals surface area contributed by atoms with Gasteiger partial charge in [-0.2, -0.15) is 0 Å². The number of pyridine rings is 2. The van der Waals surface area contributed by atoms with E-state index in [4.69, 9.17) is 11.6 Å². The van der Waals surface area contributed by atoms with Crippen molar-refractivity contribution in [3.8, 4) is 11.3 Å². The minimum Gasteiger partial charge on any atom is -0.429 e. The minimum absolute atomic E-state index is 0.0104. The highest BCUT2D eigenvalue weighted by atomic mass is 35.5. The van der Waals surface area contributed by atoms with Crippen molar-refractivity contribution in [2.24, 2.45) is 0 Å². The van der Waals surface area contributed by atoms with Crippen LogP contribution in [0.25, 0.3) is 11.3 Å². The molecule has 0 atom stereocenters. The number of hydrogen-bond donors (Lipinski definition) is 1. The van der Waals surface area contributed by atoms with Crippen molar-refractivity contribution in [2.45, 2.75) is 32.7 Å². The molecule has 1 aliphatic heterocycles. The maximum atomic E-state index is 11.7. The summed E-state index contributed by atoms with van der Waals surface area (Å²) in [7, 11) is 1.65. The number of nitrogens with zero attached hydrogens (tertiary/aromatic N) is 3. The van der Waals surface area contributed by atoms with Gasteiger partial charge in [0, 0.05) is 37.1 Å². The molecule has 0 radical (unpaired) electrons. The van der Waals surface area contributed by atoms with E-state index >= 15 is 0 Å². The monoisotopic (exact) mass is 389 g/mol. The van der Waals surface area contributed by atoms with Gasteiger partial charge in [-0.25, -0.2) is 4.98 Å². The Morgan fingerprint density at radius 3 is 2.67 bits per heavy atom. The molecular formula is C20H26ClN4O2+. The highest BCUT2D eigenvalue weighted by molar-refractivity contribution is 6.33. The van der Waals surface area contributed by atoms with Crippen LogP contribution in [0.15, 0.2) is 24.5 Å². The zero-order chi connectivity index (χ0) is 19.4. The average molecular weight is 390 g/mol. The number of aryl methyl sites for hydroxylation is 2. The van der Waals surface area contributed by atoms with Crippen molar-refractivity contribution in [3.05, 3.63) is 40.7 Å². The molecule has 7 heteroatoms. The molecule has 0 spiro atoms. The molecule has 1 saturated heterocycles. The zero-order valence-electron chi connectivity index (χ0n) is 16.0. The van der Waals surface area contributed by atoms with E-state index in [1.54, 1.807) is 13.3 Å². The topological polar surface area (TPSA) is 70.9 Å². The van der Waals surface area contributed by atoms with Crippen molar-refractivity contribution >= 4 is 23.3 Å². The van der Waals surface area contributed by atoms with Crippen LogP contribution in [-0.2, 0) is 4.79 Å². The summed E-state index contributed by atoms with van der Waals surface area (Å²) in [6, 6.07) is 4.32. The van der Waals surface area contributed by atoms with Crippen LogP contribution < -0.4 is 10.2 Å². The molecule has 0 aliphatic carbocycles. The van der Waals surface area contributed by atoms with Crippen LogP contribution in [0.3, 0.4) is 0 Å². The highest BCUT2D eigenvalue weighted by Gasteiger charge is 2.23. The van der Waals surface area contributed by atoms with Crippen LogP contribution in [0.5, 0.6) is 0 Å². The fraction of sp³-hybridized carbons (Fsp3) is 0.450. The summed E-state index contributed by atoms with van der Waals surface area (Å²) in [4.78, 5) is 23.0. The summed E-state index contributed by atoms with van der Waals surface area (Å²) in [5, 5.41) is 3.64. The Morgan fingerprint density at radius 2 is 2.00 bits per heavy atom. The second-order valence-electron chi connectivity index (χ2n) is 7.00. The summed E-state index contributed by atoms with van der Waals surface area (Å²) in [5.41, 5.74) is 4.01. The average Bonchev–Trinajstić information content (AvgIpc) is 2.63. The van der Waals surface area contributed by atoms with E-state index in [1.165, 1.54) is 0 Å². The van der Waals surface area contributed by atoms with Gasteiger partial charge in [0.15, 0.2) is 0 Å². The number of piperidine rings is 1. The summed E-state index contributed by atoms with van der Waals surface area (Å²) in [6.45, 7) is 5.97. The molecule has 1 amide bonds. The number of hydrogen-bond acceptors (Lipinski definition) is 4.